The van der Waals surface area contributed by atoms with Gasteiger partial charge in [-0.3, -0.25) is 0 Å². The van der Waals surface area contributed by atoms with Gasteiger partial charge in [-0.1, -0.05) is 23.3 Å². The molecular weight excluding hydrogens is 244 g/mol. The van der Waals surface area contributed by atoms with E-state index in [0.717, 1.165) is 25.0 Å². The molecule has 0 saturated heterocycles. The zero-order chi connectivity index (χ0) is 12.5. The van der Waals surface area contributed by atoms with Gasteiger partial charge in [-0.05, 0) is 19.8 Å². The van der Waals surface area contributed by atoms with E-state index in [4.69, 9.17) is 14.3 Å². The van der Waals surface area contributed by atoms with Gasteiger partial charge in [0, 0.05) is 12.4 Å². The number of hydrogen-bond acceptors (Lipinski definition) is 7. The number of rotatable bonds is 8. The fourth-order valence-corrected chi connectivity index (χ4v) is 1.85. The molecule has 1 aromatic heterocycles. The van der Waals surface area contributed by atoms with Crippen LogP contribution in [-0.4, -0.2) is 40.2 Å². The Hall–Kier alpha value is -1.08. The second-order valence-electron chi connectivity index (χ2n) is 3.23. The number of aliphatic hydroxyl groups excluding tert-OH is 1. The van der Waals surface area contributed by atoms with Gasteiger partial charge in [0.05, 0.1) is 6.61 Å². The van der Waals surface area contributed by atoms with Gasteiger partial charge in [0.15, 0.2) is 0 Å². The molecule has 7 heteroatoms. The number of thioether (sulfide) groups is 1. The Bertz CT molecular complexity index is 343. The molecule has 0 radical (unpaired) electrons. The summed E-state index contributed by atoms with van der Waals surface area (Å²) >= 11 is 1.40. The molecule has 0 saturated carbocycles. The predicted molar refractivity (Wildman–Crippen MR) is 61.9 cm³/mol. The Balaban J connectivity index is 2.28. The summed E-state index contributed by atoms with van der Waals surface area (Å²) in [5.41, 5.74) is 0. The number of nitrogens with zero attached hydrogens (tertiary/aromatic N) is 2. The van der Waals surface area contributed by atoms with Crippen LogP contribution in [0.15, 0.2) is 9.64 Å². The Morgan fingerprint density at radius 3 is 2.94 bits per heavy atom. The van der Waals surface area contributed by atoms with Gasteiger partial charge < -0.3 is 14.3 Å². The number of esters is 1. The quantitative estimate of drug-likeness (QED) is 0.430. The first kappa shape index (κ1) is 14.0. The number of ether oxygens (including phenoxy) is 1. The maximum atomic E-state index is 11.2. The lowest BCUT2D eigenvalue weighted by Gasteiger charge is -1.96. The van der Waals surface area contributed by atoms with E-state index >= 15 is 0 Å². The first-order valence-electron chi connectivity index (χ1n) is 5.52. The van der Waals surface area contributed by atoms with E-state index < -0.39 is 5.97 Å². The summed E-state index contributed by atoms with van der Waals surface area (Å²) in [7, 11) is 0. The number of unbranched alkanes of at least 4 members (excludes halogenated alkanes) is 2. The summed E-state index contributed by atoms with van der Waals surface area (Å²) in [4.78, 5) is 11.2. The van der Waals surface area contributed by atoms with Gasteiger partial charge in [-0.2, -0.15) is 0 Å². The number of carbonyl (C=O) groups excluding carboxylic acids is 1. The van der Waals surface area contributed by atoms with E-state index in [9.17, 15) is 4.79 Å². The predicted octanol–water partition coefficient (Wildman–Crippen LogP) is 1.50. The fourth-order valence-electron chi connectivity index (χ4n) is 1.09. The van der Waals surface area contributed by atoms with E-state index in [2.05, 4.69) is 10.2 Å². The molecule has 0 aliphatic carbocycles. The molecule has 0 atom stereocenters. The molecule has 1 aromatic rings. The van der Waals surface area contributed by atoms with Crippen LogP contribution in [0.2, 0.25) is 0 Å². The van der Waals surface area contributed by atoms with Crippen molar-refractivity contribution in [2.75, 3.05) is 19.0 Å². The van der Waals surface area contributed by atoms with Gasteiger partial charge in [0.25, 0.3) is 5.22 Å². The van der Waals surface area contributed by atoms with Crippen LogP contribution < -0.4 is 0 Å². The molecule has 17 heavy (non-hydrogen) atoms. The average Bonchev–Trinajstić information content (AvgIpc) is 2.78. The van der Waals surface area contributed by atoms with Crippen molar-refractivity contribution in [2.24, 2.45) is 0 Å². The smallest absolute Gasteiger partial charge is 0.396 e. The van der Waals surface area contributed by atoms with Crippen molar-refractivity contribution in [2.45, 2.75) is 31.4 Å². The minimum atomic E-state index is -0.591. The van der Waals surface area contributed by atoms with Crippen LogP contribution in [-0.2, 0) is 4.74 Å². The molecule has 0 bridgehead atoms. The number of aromatic nitrogens is 2. The summed E-state index contributed by atoms with van der Waals surface area (Å²) < 4.78 is 9.85. The molecule has 1 rings (SSSR count). The third-order valence-corrected chi connectivity index (χ3v) is 2.79. The zero-order valence-electron chi connectivity index (χ0n) is 9.72. The summed E-state index contributed by atoms with van der Waals surface area (Å²) in [6, 6.07) is 0. The Morgan fingerprint density at radius 1 is 1.41 bits per heavy atom. The summed E-state index contributed by atoms with van der Waals surface area (Å²) in [6.45, 7) is 2.22. The van der Waals surface area contributed by atoms with Gasteiger partial charge >= 0.3 is 11.9 Å². The minimum absolute atomic E-state index is 0.107. The van der Waals surface area contributed by atoms with Crippen LogP contribution in [0.1, 0.15) is 36.9 Å². The van der Waals surface area contributed by atoms with Crippen molar-refractivity contribution >= 4 is 17.7 Å². The third kappa shape index (κ3) is 5.18. The summed E-state index contributed by atoms with van der Waals surface area (Å²) in [5, 5.41) is 16.3. The van der Waals surface area contributed by atoms with Crippen molar-refractivity contribution in [3.8, 4) is 0 Å². The van der Waals surface area contributed by atoms with Gasteiger partial charge in [0.1, 0.15) is 0 Å². The van der Waals surface area contributed by atoms with Crippen molar-refractivity contribution in [1.29, 1.82) is 0 Å². The molecule has 96 valence electrons. The van der Waals surface area contributed by atoms with E-state index in [1.54, 1.807) is 6.92 Å². The zero-order valence-corrected chi connectivity index (χ0v) is 10.5. The standard InChI is InChI=1S/C10H16N2O4S/c1-2-15-9(14)8-11-12-10(16-8)17-7-5-3-4-6-13/h13H,2-7H2,1H3. The Kier molecular flexibility index (Phi) is 6.64. The lowest BCUT2D eigenvalue weighted by atomic mass is 10.3. The normalized spacial score (nSPS) is 10.5. The molecular formula is C10H16N2O4S. The van der Waals surface area contributed by atoms with E-state index in [-0.39, 0.29) is 19.1 Å². The summed E-state index contributed by atoms with van der Waals surface area (Å²) in [5.74, 6) is 0.126. The number of carbonyl (C=O) groups is 1. The molecule has 0 spiro atoms. The SMILES string of the molecule is CCOC(=O)c1nnc(SCCCCCO)o1. The molecule has 6 nitrogen and oxygen atoms in total. The first-order chi connectivity index (χ1) is 8.27. The topological polar surface area (TPSA) is 85.5 Å². The second-order valence-corrected chi connectivity index (χ2v) is 4.27. The highest BCUT2D eigenvalue weighted by Gasteiger charge is 2.15. The van der Waals surface area contributed by atoms with Gasteiger partial charge in [0.2, 0.25) is 0 Å². The van der Waals surface area contributed by atoms with Crippen LogP contribution in [0.5, 0.6) is 0 Å². The van der Waals surface area contributed by atoms with Crippen LogP contribution in [0.4, 0.5) is 0 Å². The Labute approximate surface area is 104 Å². The van der Waals surface area contributed by atoms with E-state index in [0.29, 0.717) is 5.22 Å². The van der Waals surface area contributed by atoms with Crippen LogP contribution in [0, 0.1) is 0 Å². The number of hydrogen-bond donors (Lipinski definition) is 1. The molecule has 0 unspecified atom stereocenters. The van der Waals surface area contributed by atoms with Crippen molar-refractivity contribution in [3.63, 3.8) is 0 Å². The molecule has 1 N–H and O–H groups in total. The highest BCUT2D eigenvalue weighted by Crippen LogP contribution is 2.18. The molecule has 0 amide bonds. The Morgan fingerprint density at radius 2 is 2.24 bits per heavy atom. The molecule has 0 fully saturated rings. The maximum Gasteiger partial charge on any atom is 0.396 e. The lowest BCUT2D eigenvalue weighted by Crippen LogP contribution is -2.04. The lowest BCUT2D eigenvalue weighted by molar-refractivity contribution is 0.0475. The maximum absolute atomic E-state index is 11.2. The van der Waals surface area contributed by atoms with Crippen LogP contribution in [0.25, 0.3) is 0 Å². The highest BCUT2D eigenvalue weighted by atomic mass is 32.2. The van der Waals surface area contributed by atoms with E-state index in [1.165, 1.54) is 11.8 Å². The third-order valence-electron chi connectivity index (χ3n) is 1.88. The van der Waals surface area contributed by atoms with Crippen molar-refractivity contribution in [1.82, 2.24) is 10.2 Å². The monoisotopic (exact) mass is 260 g/mol. The first-order valence-corrected chi connectivity index (χ1v) is 6.50. The number of aliphatic hydroxyl groups is 1. The summed E-state index contributed by atoms with van der Waals surface area (Å²) in [6.07, 6.45) is 2.73. The minimum Gasteiger partial charge on any atom is -0.459 e. The van der Waals surface area contributed by atoms with Crippen LogP contribution in [0.3, 0.4) is 0 Å². The van der Waals surface area contributed by atoms with Crippen LogP contribution >= 0.6 is 11.8 Å². The largest absolute Gasteiger partial charge is 0.459 e. The highest BCUT2D eigenvalue weighted by molar-refractivity contribution is 7.99. The molecule has 0 aliphatic rings. The van der Waals surface area contributed by atoms with E-state index in [1.807, 2.05) is 0 Å². The van der Waals surface area contributed by atoms with Crippen molar-refractivity contribution in [3.05, 3.63) is 5.89 Å². The van der Waals surface area contributed by atoms with Gasteiger partial charge in [-0.15, -0.1) is 5.10 Å². The fraction of sp³-hybridized carbons (Fsp3) is 0.700. The molecule has 1 heterocycles. The second kappa shape index (κ2) is 8.08. The molecule has 0 aromatic carbocycles. The van der Waals surface area contributed by atoms with Gasteiger partial charge in [-0.25, -0.2) is 4.79 Å². The molecule has 0 aliphatic heterocycles. The average molecular weight is 260 g/mol. The van der Waals surface area contributed by atoms with Crippen molar-refractivity contribution < 1.29 is 19.1 Å².